The predicted octanol–water partition coefficient (Wildman–Crippen LogP) is 5.77. The molecule has 4 aromatic rings. The molecule has 0 unspecified atom stereocenters. The zero-order valence-corrected chi connectivity index (χ0v) is 16.6. The summed E-state index contributed by atoms with van der Waals surface area (Å²) >= 11 is 1.52. The molecule has 0 aliphatic rings. The number of hydrogen-bond acceptors (Lipinski definition) is 5. The fourth-order valence-electron chi connectivity index (χ4n) is 2.98. The van der Waals surface area contributed by atoms with Gasteiger partial charge >= 0.3 is 6.18 Å². The van der Waals surface area contributed by atoms with Crippen LogP contribution in [0.4, 0.5) is 19.0 Å². The van der Waals surface area contributed by atoms with Gasteiger partial charge in [-0.3, -0.25) is 0 Å². The molecule has 4 rings (SSSR count). The summed E-state index contributed by atoms with van der Waals surface area (Å²) in [5.41, 5.74) is 1.11. The molecular formula is C20H18F3N5S. The molecule has 0 aliphatic carbocycles. The van der Waals surface area contributed by atoms with E-state index >= 15 is 0 Å². The highest BCUT2D eigenvalue weighted by atomic mass is 32.1. The van der Waals surface area contributed by atoms with E-state index in [9.17, 15) is 13.2 Å². The number of alkyl halides is 3. The van der Waals surface area contributed by atoms with E-state index in [2.05, 4.69) is 20.3 Å². The molecular weight excluding hydrogens is 399 g/mol. The van der Waals surface area contributed by atoms with Gasteiger partial charge in [0, 0.05) is 12.6 Å². The van der Waals surface area contributed by atoms with Crippen LogP contribution in [0.1, 0.15) is 31.0 Å². The molecule has 150 valence electrons. The van der Waals surface area contributed by atoms with Crippen LogP contribution in [-0.4, -0.2) is 19.5 Å². The Morgan fingerprint density at radius 3 is 2.66 bits per heavy atom. The third-order valence-electron chi connectivity index (χ3n) is 4.43. The topological polar surface area (TPSA) is 55.6 Å². The second-order valence-corrected chi connectivity index (χ2v) is 7.79. The Labute approximate surface area is 169 Å². The van der Waals surface area contributed by atoms with Gasteiger partial charge in [0.25, 0.3) is 0 Å². The van der Waals surface area contributed by atoms with Crippen LogP contribution in [0.5, 0.6) is 0 Å². The van der Waals surface area contributed by atoms with Gasteiger partial charge in [0.1, 0.15) is 5.52 Å². The molecule has 3 aromatic heterocycles. The van der Waals surface area contributed by atoms with Crippen molar-refractivity contribution in [2.24, 2.45) is 0 Å². The number of benzene rings is 1. The first-order valence-electron chi connectivity index (χ1n) is 9.01. The first-order chi connectivity index (χ1) is 13.8. The van der Waals surface area contributed by atoms with Crippen LogP contribution in [0.2, 0.25) is 0 Å². The van der Waals surface area contributed by atoms with Crippen LogP contribution in [0.3, 0.4) is 0 Å². The van der Waals surface area contributed by atoms with Crippen molar-refractivity contribution in [3.63, 3.8) is 0 Å². The lowest BCUT2D eigenvalue weighted by molar-refractivity contribution is -0.137. The molecule has 9 heteroatoms. The van der Waals surface area contributed by atoms with Crippen molar-refractivity contribution in [3.8, 4) is 10.7 Å². The summed E-state index contributed by atoms with van der Waals surface area (Å²) in [6.45, 7) is 4.25. The van der Waals surface area contributed by atoms with Crippen molar-refractivity contribution >= 4 is 28.3 Å². The highest BCUT2D eigenvalue weighted by molar-refractivity contribution is 7.13. The molecule has 0 saturated carbocycles. The van der Waals surface area contributed by atoms with Crippen LogP contribution in [0, 0.1) is 0 Å². The van der Waals surface area contributed by atoms with E-state index in [0.29, 0.717) is 28.4 Å². The number of nitrogens with zero attached hydrogens (tertiary/aromatic N) is 4. The fourth-order valence-corrected chi connectivity index (χ4v) is 3.63. The number of imidazole rings is 1. The SMILES string of the molecule is CC(C)n1cnc2c(NCc3cccc(C(F)(F)F)c3)nc(-c3cccs3)nc21. The van der Waals surface area contributed by atoms with Crippen LogP contribution in [0.15, 0.2) is 48.1 Å². The number of rotatable bonds is 5. The summed E-state index contributed by atoms with van der Waals surface area (Å²) in [6.07, 6.45) is -2.67. The second-order valence-electron chi connectivity index (χ2n) is 6.84. The number of thiophene rings is 1. The van der Waals surface area contributed by atoms with Gasteiger partial charge in [0.05, 0.1) is 16.8 Å². The van der Waals surface area contributed by atoms with Crippen molar-refractivity contribution < 1.29 is 13.2 Å². The minimum atomic E-state index is -4.37. The molecule has 0 spiro atoms. The van der Waals surface area contributed by atoms with Crippen LogP contribution in [-0.2, 0) is 12.7 Å². The molecule has 0 fully saturated rings. The third-order valence-corrected chi connectivity index (χ3v) is 5.30. The Hall–Kier alpha value is -2.94. The second kappa shape index (κ2) is 7.47. The van der Waals surface area contributed by atoms with Crippen molar-refractivity contribution in [2.45, 2.75) is 32.6 Å². The predicted molar refractivity (Wildman–Crippen MR) is 108 cm³/mol. The Balaban J connectivity index is 1.71. The van der Waals surface area contributed by atoms with Crippen LogP contribution >= 0.6 is 11.3 Å². The zero-order chi connectivity index (χ0) is 20.6. The number of anilines is 1. The average Bonchev–Trinajstić information content (AvgIpc) is 3.35. The molecule has 0 aliphatic heterocycles. The molecule has 0 amide bonds. The summed E-state index contributed by atoms with van der Waals surface area (Å²) in [5, 5.41) is 5.09. The largest absolute Gasteiger partial charge is 0.416 e. The number of halogens is 3. The quantitative estimate of drug-likeness (QED) is 0.448. The van der Waals surface area contributed by atoms with E-state index in [1.807, 2.05) is 35.9 Å². The first kappa shape index (κ1) is 19.4. The number of hydrogen-bond donors (Lipinski definition) is 1. The van der Waals surface area contributed by atoms with Gasteiger partial charge in [-0.25, -0.2) is 15.0 Å². The van der Waals surface area contributed by atoms with Gasteiger partial charge in [-0.2, -0.15) is 13.2 Å². The average molecular weight is 417 g/mol. The Bertz CT molecular complexity index is 1130. The van der Waals surface area contributed by atoms with E-state index in [4.69, 9.17) is 0 Å². The molecule has 5 nitrogen and oxygen atoms in total. The maximum atomic E-state index is 13.0. The smallest absolute Gasteiger partial charge is 0.364 e. The maximum absolute atomic E-state index is 13.0. The maximum Gasteiger partial charge on any atom is 0.416 e. The van der Waals surface area contributed by atoms with Crippen molar-refractivity contribution in [1.29, 1.82) is 0 Å². The van der Waals surface area contributed by atoms with Crippen molar-refractivity contribution in [1.82, 2.24) is 19.5 Å². The van der Waals surface area contributed by atoms with Crippen LogP contribution in [0.25, 0.3) is 21.9 Å². The normalized spacial score (nSPS) is 12.1. The number of nitrogens with one attached hydrogen (secondary N) is 1. The molecule has 0 radical (unpaired) electrons. The lowest BCUT2D eigenvalue weighted by Gasteiger charge is -2.12. The minimum Gasteiger partial charge on any atom is -0.364 e. The standard InChI is InChI=1S/C20H18F3N5S/c1-12(2)28-11-25-16-18(26-17(27-19(16)28)15-7-4-8-29-15)24-10-13-5-3-6-14(9-13)20(21,22)23/h3-9,11-12H,10H2,1-2H3,(H,24,26,27). The Morgan fingerprint density at radius 1 is 1.14 bits per heavy atom. The highest BCUT2D eigenvalue weighted by Crippen LogP contribution is 2.31. The summed E-state index contributed by atoms with van der Waals surface area (Å²) in [7, 11) is 0. The molecule has 0 saturated heterocycles. The van der Waals surface area contributed by atoms with E-state index < -0.39 is 11.7 Å². The number of aromatic nitrogens is 4. The summed E-state index contributed by atoms with van der Waals surface area (Å²) in [6, 6.07) is 9.25. The van der Waals surface area contributed by atoms with Gasteiger partial charge in [0.2, 0.25) is 0 Å². The highest BCUT2D eigenvalue weighted by Gasteiger charge is 2.30. The van der Waals surface area contributed by atoms with Gasteiger partial charge in [-0.15, -0.1) is 11.3 Å². The van der Waals surface area contributed by atoms with Crippen molar-refractivity contribution in [2.75, 3.05) is 5.32 Å². The molecule has 1 N–H and O–H groups in total. The van der Waals surface area contributed by atoms with Gasteiger partial charge in [-0.1, -0.05) is 18.2 Å². The third kappa shape index (κ3) is 3.95. The Kier molecular flexibility index (Phi) is 4.99. The fraction of sp³-hybridized carbons (Fsp3) is 0.250. The lowest BCUT2D eigenvalue weighted by Crippen LogP contribution is -2.08. The molecule has 0 bridgehead atoms. The first-order valence-corrected chi connectivity index (χ1v) is 9.89. The van der Waals surface area contributed by atoms with E-state index in [1.165, 1.54) is 17.4 Å². The van der Waals surface area contributed by atoms with Gasteiger partial charge in [0.15, 0.2) is 17.3 Å². The summed E-state index contributed by atoms with van der Waals surface area (Å²) in [5.74, 6) is 1.05. The van der Waals surface area contributed by atoms with Gasteiger partial charge in [-0.05, 0) is 43.0 Å². The van der Waals surface area contributed by atoms with Crippen LogP contribution < -0.4 is 5.32 Å². The van der Waals surface area contributed by atoms with E-state index in [-0.39, 0.29) is 12.6 Å². The summed E-state index contributed by atoms with van der Waals surface area (Å²) in [4.78, 5) is 14.6. The number of fused-ring (bicyclic) bond motifs is 1. The van der Waals surface area contributed by atoms with Crippen molar-refractivity contribution in [3.05, 3.63) is 59.2 Å². The van der Waals surface area contributed by atoms with E-state index in [1.54, 1.807) is 12.4 Å². The Morgan fingerprint density at radius 2 is 1.97 bits per heavy atom. The monoisotopic (exact) mass is 417 g/mol. The molecule has 29 heavy (non-hydrogen) atoms. The lowest BCUT2D eigenvalue weighted by atomic mass is 10.1. The zero-order valence-electron chi connectivity index (χ0n) is 15.7. The molecule has 3 heterocycles. The molecule has 1 aromatic carbocycles. The minimum absolute atomic E-state index is 0.155. The summed E-state index contributed by atoms with van der Waals surface area (Å²) < 4.78 is 40.9. The molecule has 0 atom stereocenters. The van der Waals surface area contributed by atoms with E-state index in [0.717, 1.165) is 17.0 Å². The van der Waals surface area contributed by atoms with Gasteiger partial charge < -0.3 is 9.88 Å².